The van der Waals surface area contributed by atoms with E-state index < -0.39 is 0 Å². The van der Waals surface area contributed by atoms with Crippen LogP contribution in [0.25, 0.3) is 11.4 Å². The molecule has 0 aliphatic heterocycles. The normalized spacial score (nSPS) is 10.6. The van der Waals surface area contributed by atoms with Crippen LogP contribution >= 0.6 is 15.9 Å². The molecule has 0 radical (unpaired) electrons. The van der Waals surface area contributed by atoms with Crippen LogP contribution in [-0.2, 0) is 11.3 Å². The van der Waals surface area contributed by atoms with Crippen molar-refractivity contribution in [2.75, 3.05) is 20.3 Å². The van der Waals surface area contributed by atoms with Crippen LogP contribution in [0.5, 0.6) is 0 Å². The van der Waals surface area contributed by atoms with E-state index in [0.717, 1.165) is 28.1 Å². The molecule has 100 valence electrons. The van der Waals surface area contributed by atoms with Gasteiger partial charge in [0.1, 0.15) is 0 Å². The standard InChI is InChI=1S/C14H16BrN3O/c1-19-9-8-16-10-11-6-7-17-14(18-11)12-4-2-3-5-13(12)15/h2-7,16H,8-10H2,1H3. The Labute approximate surface area is 121 Å². The van der Waals surface area contributed by atoms with Crippen molar-refractivity contribution >= 4 is 15.9 Å². The van der Waals surface area contributed by atoms with Gasteiger partial charge in [0.2, 0.25) is 0 Å². The number of rotatable bonds is 6. The molecule has 1 aromatic carbocycles. The van der Waals surface area contributed by atoms with Gasteiger partial charge in [-0.2, -0.15) is 0 Å². The number of nitrogens with one attached hydrogen (secondary N) is 1. The fourth-order valence-electron chi connectivity index (χ4n) is 1.66. The van der Waals surface area contributed by atoms with Crippen molar-refractivity contribution in [2.24, 2.45) is 0 Å². The maximum atomic E-state index is 4.99. The monoisotopic (exact) mass is 321 g/mol. The first kappa shape index (κ1) is 14.1. The Kier molecular flexibility index (Phi) is 5.44. The average Bonchev–Trinajstić information content (AvgIpc) is 2.44. The van der Waals surface area contributed by atoms with E-state index in [1.54, 1.807) is 13.3 Å². The minimum absolute atomic E-state index is 0.697. The van der Waals surface area contributed by atoms with E-state index in [1.807, 2.05) is 30.3 Å². The lowest BCUT2D eigenvalue weighted by atomic mass is 10.2. The first-order chi connectivity index (χ1) is 9.31. The molecule has 0 amide bonds. The Morgan fingerprint density at radius 1 is 1.26 bits per heavy atom. The van der Waals surface area contributed by atoms with E-state index >= 15 is 0 Å². The third kappa shape index (κ3) is 4.09. The molecule has 0 unspecified atom stereocenters. The summed E-state index contributed by atoms with van der Waals surface area (Å²) in [7, 11) is 1.69. The minimum atomic E-state index is 0.697. The summed E-state index contributed by atoms with van der Waals surface area (Å²) < 4.78 is 5.99. The second-order valence-electron chi connectivity index (χ2n) is 4.02. The molecule has 0 atom stereocenters. The predicted octanol–water partition coefficient (Wildman–Crippen LogP) is 2.64. The summed E-state index contributed by atoms with van der Waals surface area (Å²) in [6, 6.07) is 9.86. The predicted molar refractivity (Wildman–Crippen MR) is 78.8 cm³/mol. The van der Waals surface area contributed by atoms with E-state index in [-0.39, 0.29) is 0 Å². The molecule has 4 nitrogen and oxygen atoms in total. The SMILES string of the molecule is COCCNCc1ccnc(-c2ccccc2Br)n1. The summed E-state index contributed by atoms with van der Waals surface area (Å²) >= 11 is 3.52. The highest BCUT2D eigenvalue weighted by molar-refractivity contribution is 9.10. The highest BCUT2D eigenvalue weighted by Gasteiger charge is 2.05. The number of hydrogen-bond donors (Lipinski definition) is 1. The smallest absolute Gasteiger partial charge is 0.160 e. The number of benzene rings is 1. The van der Waals surface area contributed by atoms with E-state index in [1.165, 1.54) is 0 Å². The lowest BCUT2D eigenvalue weighted by Crippen LogP contribution is -2.19. The average molecular weight is 322 g/mol. The van der Waals surface area contributed by atoms with Gasteiger partial charge in [0.15, 0.2) is 5.82 Å². The summed E-state index contributed by atoms with van der Waals surface area (Å²) in [5.41, 5.74) is 1.97. The van der Waals surface area contributed by atoms with E-state index in [2.05, 4.69) is 31.2 Å². The van der Waals surface area contributed by atoms with Gasteiger partial charge in [-0.1, -0.05) is 34.1 Å². The van der Waals surface area contributed by atoms with Crippen molar-refractivity contribution in [3.8, 4) is 11.4 Å². The highest BCUT2D eigenvalue weighted by Crippen LogP contribution is 2.24. The quantitative estimate of drug-likeness (QED) is 0.831. The van der Waals surface area contributed by atoms with Crippen molar-refractivity contribution < 1.29 is 4.74 Å². The Hall–Kier alpha value is -1.30. The molecule has 0 aliphatic rings. The van der Waals surface area contributed by atoms with Gasteiger partial charge < -0.3 is 10.1 Å². The van der Waals surface area contributed by atoms with Crippen LogP contribution in [-0.4, -0.2) is 30.2 Å². The van der Waals surface area contributed by atoms with Gasteiger partial charge in [0, 0.05) is 36.4 Å². The van der Waals surface area contributed by atoms with E-state index in [0.29, 0.717) is 13.2 Å². The van der Waals surface area contributed by atoms with Crippen LogP contribution in [0.1, 0.15) is 5.69 Å². The molecule has 0 fully saturated rings. The molecular formula is C14H16BrN3O. The zero-order valence-corrected chi connectivity index (χ0v) is 12.4. The molecule has 0 aliphatic carbocycles. The lowest BCUT2D eigenvalue weighted by Gasteiger charge is -2.06. The largest absolute Gasteiger partial charge is 0.383 e. The molecule has 19 heavy (non-hydrogen) atoms. The van der Waals surface area contributed by atoms with Gasteiger partial charge in [-0.05, 0) is 12.1 Å². The van der Waals surface area contributed by atoms with Crippen LogP contribution in [0.2, 0.25) is 0 Å². The topological polar surface area (TPSA) is 47.0 Å². The van der Waals surface area contributed by atoms with Crippen LogP contribution in [0, 0.1) is 0 Å². The first-order valence-electron chi connectivity index (χ1n) is 6.07. The number of methoxy groups -OCH3 is 1. The van der Waals surface area contributed by atoms with E-state index in [9.17, 15) is 0 Å². The molecule has 0 saturated carbocycles. The second-order valence-corrected chi connectivity index (χ2v) is 4.88. The van der Waals surface area contributed by atoms with Crippen molar-refractivity contribution in [1.82, 2.24) is 15.3 Å². The third-order valence-corrected chi connectivity index (χ3v) is 3.31. The second kappa shape index (κ2) is 7.33. The lowest BCUT2D eigenvalue weighted by molar-refractivity contribution is 0.199. The summed E-state index contributed by atoms with van der Waals surface area (Å²) in [6.45, 7) is 2.22. The Morgan fingerprint density at radius 2 is 2.11 bits per heavy atom. The van der Waals surface area contributed by atoms with Gasteiger partial charge in [0.25, 0.3) is 0 Å². The molecule has 5 heteroatoms. The Balaban J connectivity index is 2.09. The minimum Gasteiger partial charge on any atom is -0.383 e. The van der Waals surface area contributed by atoms with Crippen molar-refractivity contribution in [3.63, 3.8) is 0 Å². The van der Waals surface area contributed by atoms with Gasteiger partial charge in [-0.3, -0.25) is 0 Å². The molecule has 0 bridgehead atoms. The first-order valence-corrected chi connectivity index (χ1v) is 6.87. The maximum absolute atomic E-state index is 4.99. The van der Waals surface area contributed by atoms with Crippen LogP contribution < -0.4 is 5.32 Å². The highest BCUT2D eigenvalue weighted by atomic mass is 79.9. The number of hydrogen-bond acceptors (Lipinski definition) is 4. The molecule has 1 aromatic heterocycles. The van der Waals surface area contributed by atoms with Crippen molar-refractivity contribution in [2.45, 2.75) is 6.54 Å². The van der Waals surface area contributed by atoms with E-state index in [4.69, 9.17) is 4.74 Å². The molecule has 0 saturated heterocycles. The fraction of sp³-hybridized carbons (Fsp3) is 0.286. The van der Waals surface area contributed by atoms with Gasteiger partial charge >= 0.3 is 0 Å². The molecule has 1 N–H and O–H groups in total. The van der Waals surface area contributed by atoms with Crippen molar-refractivity contribution in [1.29, 1.82) is 0 Å². The Bertz CT molecular complexity index is 534. The molecular weight excluding hydrogens is 306 g/mol. The summed E-state index contributed by atoms with van der Waals surface area (Å²) in [5.74, 6) is 0.735. The summed E-state index contributed by atoms with van der Waals surface area (Å²) in [6.07, 6.45) is 1.79. The number of aromatic nitrogens is 2. The number of ether oxygens (including phenoxy) is 1. The zero-order chi connectivity index (χ0) is 13.5. The van der Waals surface area contributed by atoms with Crippen LogP contribution in [0.4, 0.5) is 0 Å². The van der Waals surface area contributed by atoms with Crippen molar-refractivity contribution in [3.05, 3.63) is 46.7 Å². The third-order valence-electron chi connectivity index (χ3n) is 2.62. The fourth-order valence-corrected chi connectivity index (χ4v) is 2.12. The molecule has 2 rings (SSSR count). The number of nitrogens with zero attached hydrogens (tertiary/aromatic N) is 2. The summed E-state index contributed by atoms with van der Waals surface area (Å²) in [5, 5.41) is 3.27. The Morgan fingerprint density at radius 3 is 2.89 bits per heavy atom. The zero-order valence-electron chi connectivity index (χ0n) is 10.8. The van der Waals surface area contributed by atoms with Crippen LogP contribution in [0.15, 0.2) is 41.0 Å². The molecule has 2 aromatic rings. The maximum Gasteiger partial charge on any atom is 0.160 e. The molecule has 0 spiro atoms. The van der Waals surface area contributed by atoms with Gasteiger partial charge in [-0.15, -0.1) is 0 Å². The van der Waals surface area contributed by atoms with Gasteiger partial charge in [-0.25, -0.2) is 9.97 Å². The summed E-state index contributed by atoms with van der Waals surface area (Å²) in [4.78, 5) is 8.88. The number of halogens is 1. The van der Waals surface area contributed by atoms with Gasteiger partial charge in [0.05, 0.1) is 12.3 Å². The molecule has 1 heterocycles. The van der Waals surface area contributed by atoms with Crippen LogP contribution in [0.3, 0.4) is 0 Å².